The molecule has 0 amide bonds. The number of hydrogen-bond donors (Lipinski definition) is 1. The van der Waals surface area contributed by atoms with Crippen molar-refractivity contribution in [2.45, 2.75) is 25.0 Å². The van der Waals surface area contributed by atoms with Crippen LogP contribution in [-0.2, 0) is 17.8 Å². The highest BCUT2D eigenvalue weighted by atomic mass is 16.5. The first kappa shape index (κ1) is 10.3. The summed E-state index contributed by atoms with van der Waals surface area (Å²) in [6.45, 7) is 5.40. The minimum atomic E-state index is -0.144. The molecular formula is C11H18N4O. The third kappa shape index (κ3) is 1.86. The summed E-state index contributed by atoms with van der Waals surface area (Å²) in [6.07, 6.45) is 4.89. The van der Waals surface area contributed by atoms with Gasteiger partial charge in [0.1, 0.15) is 5.82 Å². The van der Waals surface area contributed by atoms with Crippen molar-refractivity contribution in [3.8, 4) is 0 Å². The van der Waals surface area contributed by atoms with Gasteiger partial charge in [0.15, 0.2) is 0 Å². The number of ether oxygens (including phenoxy) is 1. The molecule has 1 unspecified atom stereocenters. The van der Waals surface area contributed by atoms with Gasteiger partial charge in [0, 0.05) is 38.6 Å². The minimum absolute atomic E-state index is 0.144. The summed E-state index contributed by atoms with van der Waals surface area (Å²) in [7, 11) is 0. The van der Waals surface area contributed by atoms with Crippen LogP contribution < -0.4 is 5.73 Å². The van der Waals surface area contributed by atoms with Crippen LogP contribution in [0.1, 0.15) is 12.2 Å². The molecule has 5 heteroatoms. The molecule has 1 atom stereocenters. The van der Waals surface area contributed by atoms with E-state index >= 15 is 0 Å². The summed E-state index contributed by atoms with van der Waals surface area (Å²) in [5.41, 5.74) is 6.15. The average molecular weight is 222 g/mol. The lowest BCUT2D eigenvalue weighted by atomic mass is 9.99. The molecule has 0 spiro atoms. The van der Waals surface area contributed by atoms with Crippen LogP contribution in [0.3, 0.4) is 0 Å². The van der Waals surface area contributed by atoms with E-state index in [9.17, 15) is 0 Å². The standard InChI is InChI=1S/C11H18N4O/c12-11(1-6-16-9-11)8-14-4-5-15-3-2-13-10(15)7-14/h2-3H,1,4-9,12H2. The lowest BCUT2D eigenvalue weighted by Crippen LogP contribution is -2.52. The highest BCUT2D eigenvalue weighted by molar-refractivity contribution is 4.98. The summed E-state index contributed by atoms with van der Waals surface area (Å²) in [4.78, 5) is 6.74. The van der Waals surface area contributed by atoms with Gasteiger partial charge in [-0.05, 0) is 6.42 Å². The van der Waals surface area contributed by atoms with Gasteiger partial charge in [-0.1, -0.05) is 0 Å². The van der Waals surface area contributed by atoms with Crippen LogP contribution in [0, 0.1) is 0 Å². The van der Waals surface area contributed by atoms with E-state index in [0.29, 0.717) is 6.61 Å². The maximum Gasteiger partial charge on any atom is 0.122 e. The van der Waals surface area contributed by atoms with Crippen molar-refractivity contribution in [2.75, 3.05) is 26.3 Å². The van der Waals surface area contributed by atoms with Crippen molar-refractivity contribution >= 4 is 0 Å². The van der Waals surface area contributed by atoms with E-state index in [4.69, 9.17) is 10.5 Å². The summed E-state index contributed by atoms with van der Waals surface area (Å²) < 4.78 is 7.60. The smallest absolute Gasteiger partial charge is 0.122 e. The maximum absolute atomic E-state index is 6.29. The van der Waals surface area contributed by atoms with Gasteiger partial charge in [-0.25, -0.2) is 4.98 Å². The Morgan fingerprint density at radius 2 is 2.44 bits per heavy atom. The van der Waals surface area contributed by atoms with Gasteiger partial charge in [-0.3, -0.25) is 4.90 Å². The number of hydrogen-bond acceptors (Lipinski definition) is 4. The Labute approximate surface area is 95.2 Å². The predicted octanol–water partition coefficient (Wildman–Crippen LogP) is -0.184. The van der Waals surface area contributed by atoms with E-state index in [1.807, 2.05) is 12.4 Å². The monoisotopic (exact) mass is 222 g/mol. The van der Waals surface area contributed by atoms with Crippen LogP contribution in [0.5, 0.6) is 0 Å². The van der Waals surface area contributed by atoms with Crippen molar-refractivity contribution in [1.29, 1.82) is 0 Å². The third-order valence-electron chi connectivity index (χ3n) is 3.50. The molecule has 16 heavy (non-hydrogen) atoms. The van der Waals surface area contributed by atoms with Gasteiger partial charge in [-0.2, -0.15) is 0 Å². The number of nitrogens with two attached hydrogens (primary N) is 1. The summed E-state index contributed by atoms with van der Waals surface area (Å²) in [6, 6.07) is 0. The average Bonchev–Trinajstić information content (AvgIpc) is 2.86. The quantitative estimate of drug-likeness (QED) is 0.754. The molecule has 5 nitrogen and oxygen atoms in total. The molecule has 2 aliphatic heterocycles. The van der Waals surface area contributed by atoms with E-state index in [0.717, 1.165) is 45.0 Å². The van der Waals surface area contributed by atoms with E-state index in [-0.39, 0.29) is 5.54 Å². The number of rotatable bonds is 2. The summed E-state index contributed by atoms with van der Waals surface area (Å²) in [5, 5.41) is 0. The van der Waals surface area contributed by atoms with E-state index in [2.05, 4.69) is 14.5 Å². The van der Waals surface area contributed by atoms with E-state index in [1.54, 1.807) is 0 Å². The second-order valence-corrected chi connectivity index (χ2v) is 4.91. The molecule has 1 fully saturated rings. The van der Waals surface area contributed by atoms with E-state index in [1.165, 1.54) is 0 Å². The molecule has 0 radical (unpaired) electrons. The van der Waals surface area contributed by atoms with Gasteiger partial charge in [-0.15, -0.1) is 0 Å². The Hall–Kier alpha value is -0.910. The van der Waals surface area contributed by atoms with E-state index < -0.39 is 0 Å². The first-order valence-corrected chi connectivity index (χ1v) is 5.84. The Morgan fingerprint density at radius 1 is 1.50 bits per heavy atom. The second kappa shape index (κ2) is 3.84. The first-order valence-electron chi connectivity index (χ1n) is 5.84. The number of fused-ring (bicyclic) bond motifs is 1. The van der Waals surface area contributed by atoms with Gasteiger partial charge < -0.3 is 15.0 Å². The fraction of sp³-hybridized carbons (Fsp3) is 0.727. The molecule has 3 rings (SSSR count). The van der Waals surface area contributed by atoms with Gasteiger partial charge in [0.25, 0.3) is 0 Å². The normalized spacial score (nSPS) is 30.6. The Morgan fingerprint density at radius 3 is 3.25 bits per heavy atom. The van der Waals surface area contributed by atoms with Gasteiger partial charge in [0.05, 0.1) is 18.7 Å². The predicted molar refractivity (Wildman–Crippen MR) is 59.9 cm³/mol. The molecule has 3 heterocycles. The van der Waals surface area contributed by atoms with Crippen molar-refractivity contribution in [2.24, 2.45) is 5.73 Å². The lowest BCUT2D eigenvalue weighted by molar-refractivity contribution is 0.137. The molecular weight excluding hydrogens is 204 g/mol. The fourth-order valence-electron chi connectivity index (χ4n) is 2.55. The topological polar surface area (TPSA) is 56.3 Å². The molecule has 1 aromatic rings. The maximum atomic E-state index is 6.29. The van der Waals surface area contributed by atoms with Crippen LogP contribution in [0.15, 0.2) is 12.4 Å². The van der Waals surface area contributed by atoms with Crippen molar-refractivity contribution < 1.29 is 4.74 Å². The summed E-state index contributed by atoms with van der Waals surface area (Å²) >= 11 is 0. The van der Waals surface area contributed by atoms with Gasteiger partial charge >= 0.3 is 0 Å². The second-order valence-electron chi connectivity index (χ2n) is 4.91. The van der Waals surface area contributed by atoms with Crippen LogP contribution in [-0.4, -0.2) is 46.3 Å². The SMILES string of the molecule is NC1(CN2CCn3ccnc3C2)CCOC1. The molecule has 2 aliphatic rings. The van der Waals surface area contributed by atoms with Crippen molar-refractivity contribution in [3.63, 3.8) is 0 Å². The number of imidazole rings is 1. The number of nitrogens with zero attached hydrogens (tertiary/aromatic N) is 3. The highest BCUT2D eigenvalue weighted by Crippen LogP contribution is 2.19. The number of aromatic nitrogens is 2. The molecule has 88 valence electrons. The van der Waals surface area contributed by atoms with Crippen molar-refractivity contribution in [1.82, 2.24) is 14.5 Å². The van der Waals surface area contributed by atoms with Gasteiger partial charge in [0.2, 0.25) is 0 Å². The molecule has 0 saturated carbocycles. The van der Waals surface area contributed by atoms with Crippen LogP contribution in [0.4, 0.5) is 0 Å². The molecule has 2 N–H and O–H groups in total. The zero-order valence-electron chi connectivity index (χ0n) is 9.43. The Bertz CT molecular complexity index is 370. The van der Waals surface area contributed by atoms with Crippen LogP contribution in [0.25, 0.3) is 0 Å². The van der Waals surface area contributed by atoms with Crippen LogP contribution >= 0.6 is 0 Å². The first-order chi connectivity index (χ1) is 7.75. The molecule has 0 aromatic carbocycles. The third-order valence-corrected chi connectivity index (χ3v) is 3.50. The van der Waals surface area contributed by atoms with Crippen LogP contribution in [0.2, 0.25) is 0 Å². The fourth-order valence-corrected chi connectivity index (χ4v) is 2.55. The zero-order valence-corrected chi connectivity index (χ0v) is 9.43. The Balaban J connectivity index is 1.65. The molecule has 0 aliphatic carbocycles. The molecule has 0 bridgehead atoms. The zero-order chi connectivity index (χ0) is 11.0. The molecule has 1 aromatic heterocycles. The highest BCUT2D eigenvalue weighted by Gasteiger charge is 2.33. The molecule has 1 saturated heterocycles. The minimum Gasteiger partial charge on any atom is -0.379 e. The Kier molecular flexibility index (Phi) is 2.46. The lowest BCUT2D eigenvalue weighted by Gasteiger charge is -2.33. The van der Waals surface area contributed by atoms with Crippen molar-refractivity contribution in [3.05, 3.63) is 18.2 Å². The summed E-state index contributed by atoms with van der Waals surface area (Å²) in [5.74, 6) is 1.15. The largest absolute Gasteiger partial charge is 0.379 e.